The molecule has 0 spiro atoms. The first-order valence-corrected chi connectivity index (χ1v) is 7.87. The van der Waals surface area contributed by atoms with Crippen molar-refractivity contribution in [3.63, 3.8) is 0 Å². The molecule has 0 saturated carbocycles. The molecule has 1 aliphatic rings. The number of nitrogens with two attached hydrogens (primary N) is 1. The summed E-state index contributed by atoms with van der Waals surface area (Å²) in [6.07, 6.45) is 2.22. The fourth-order valence-electron chi connectivity index (χ4n) is 2.61. The van der Waals surface area contributed by atoms with Gasteiger partial charge in [-0.15, -0.1) is 16.4 Å². The topological polar surface area (TPSA) is 83.7 Å². The Balaban J connectivity index is 1.69. The van der Waals surface area contributed by atoms with Crippen LogP contribution in [0.25, 0.3) is 11.5 Å². The summed E-state index contributed by atoms with van der Waals surface area (Å²) < 4.78 is 0. The van der Waals surface area contributed by atoms with Crippen LogP contribution in [0.2, 0.25) is 0 Å². The highest BCUT2D eigenvalue weighted by atomic mass is 32.1. The van der Waals surface area contributed by atoms with Crippen molar-refractivity contribution in [1.29, 1.82) is 0 Å². The Morgan fingerprint density at radius 2 is 2.15 bits per heavy atom. The first kappa shape index (κ1) is 13.5. The molecular weight excluding hydrogens is 272 g/mol. The molecule has 0 bridgehead atoms. The van der Waals surface area contributed by atoms with Crippen LogP contribution in [-0.4, -0.2) is 39.3 Å². The van der Waals surface area contributed by atoms with Crippen LogP contribution in [0, 0.1) is 12.8 Å². The largest absolute Gasteiger partial charge is 0.340 e. The summed E-state index contributed by atoms with van der Waals surface area (Å²) in [7, 11) is 0. The van der Waals surface area contributed by atoms with E-state index in [0.717, 1.165) is 48.4 Å². The van der Waals surface area contributed by atoms with Crippen LogP contribution < -0.4 is 10.6 Å². The molecule has 1 saturated heterocycles. The Labute approximate surface area is 122 Å². The van der Waals surface area contributed by atoms with Crippen molar-refractivity contribution in [2.75, 3.05) is 18.0 Å². The number of piperidine rings is 1. The first-order valence-electron chi connectivity index (χ1n) is 6.99. The van der Waals surface area contributed by atoms with Gasteiger partial charge in [0.25, 0.3) is 0 Å². The zero-order valence-corrected chi connectivity index (χ0v) is 12.7. The number of aromatic amines is 1. The van der Waals surface area contributed by atoms with Crippen LogP contribution in [0.3, 0.4) is 0 Å². The highest BCUT2D eigenvalue weighted by molar-refractivity contribution is 7.09. The second-order valence-corrected chi connectivity index (χ2v) is 6.48. The maximum atomic E-state index is 5.97. The molecule has 20 heavy (non-hydrogen) atoms. The van der Waals surface area contributed by atoms with Crippen molar-refractivity contribution >= 4 is 17.3 Å². The summed E-state index contributed by atoms with van der Waals surface area (Å²) in [4.78, 5) is 11.2. The predicted octanol–water partition coefficient (Wildman–Crippen LogP) is 1.80. The van der Waals surface area contributed by atoms with Crippen LogP contribution in [0.15, 0.2) is 5.38 Å². The molecule has 3 N–H and O–H groups in total. The van der Waals surface area contributed by atoms with E-state index in [4.69, 9.17) is 5.73 Å². The van der Waals surface area contributed by atoms with Crippen LogP contribution in [-0.2, 0) is 0 Å². The molecule has 1 aliphatic heterocycles. The fraction of sp³-hybridized carbons (Fsp3) is 0.615. The van der Waals surface area contributed by atoms with E-state index in [-0.39, 0.29) is 6.04 Å². The minimum Gasteiger partial charge on any atom is -0.340 e. The van der Waals surface area contributed by atoms with Gasteiger partial charge < -0.3 is 10.6 Å². The second kappa shape index (κ2) is 5.49. The van der Waals surface area contributed by atoms with Gasteiger partial charge in [-0.2, -0.15) is 4.98 Å². The third kappa shape index (κ3) is 2.69. The Hall–Kier alpha value is -1.47. The molecule has 1 atom stereocenters. The Bertz CT molecular complexity index is 567. The highest BCUT2D eigenvalue weighted by Gasteiger charge is 2.24. The third-order valence-corrected chi connectivity index (χ3v) is 4.67. The van der Waals surface area contributed by atoms with Crippen molar-refractivity contribution in [2.45, 2.75) is 32.7 Å². The highest BCUT2D eigenvalue weighted by Crippen LogP contribution is 2.24. The van der Waals surface area contributed by atoms with E-state index in [1.54, 1.807) is 11.3 Å². The summed E-state index contributed by atoms with van der Waals surface area (Å²) in [5, 5.41) is 10.3. The van der Waals surface area contributed by atoms with Crippen LogP contribution >= 0.6 is 11.3 Å². The maximum Gasteiger partial charge on any atom is 0.245 e. The molecule has 0 aliphatic carbocycles. The van der Waals surface area contributed by atoms with Gasteiger partial charge in [-0.3, -0.25) is 5.10 Å². The molecule has 108 valence electrons. The van der Waals surface area contributed by atoms with E-state index in [9.17, 15) is 0 Å². The third-order valence-electron chi connectivity index (χ3n) is 3.90. The molecule has 7 heteroatoms. The molecule has 0 aromatic carbocycles. The minimum atomic E-state index is 0.276. The molecule has 0 amide bonds. The van der Waals surface area contributed by atoms with Gasteiger partial charge in [-0.1, -0.05) is 0 Å². The van der Waals surface area contributed by atoms with E-state index in [1.165, 1.54) is 0 Å². The normalized spacial score (nSPS) is 18.4. The lowest BCUT2D eigenvalue weighted by Crippen LogP contribution is -2.40. The molecule has 0 radical (unpaired) electrons. The number of nitrogens with zero attached hydrogens (tertiary/aromatic N) is 4. The lowest BCUT2D eigenvalue weighted by molar-refractivity contribution is 0.352. The van der Waals surface area contributed by atoms with Crippen molar-refractivity contribution < 1.29 is 0 Å². The molecular formula is C13H20N6S. The molecule has 3 heterocycles. The van der Waals surface area contributed by atoms with E-state index in [0.29, 0.717) is 5.92 Å². The van der Waals surface area contributed by atoms with Crippen molar-refractivity contribution in [3.8, 4) is 11.5 Å². The number of nitrogens with one attached hydrogen (secondary N) is 1. The predicted molar refractivity (Wildman–Crippen MR) is 80.8 cm³/mol. The molecule has 6 nitrogen and oxygen atoms in total. The molecule has 1 fully saturated rings. The van der Waals surface area contributed by atoms with Gasteiger partial charge >= 0.3 is 0 Å². The average Bonchev–Trinajstić information content (AvgIpc) is 3.07. The molecule has 2 aromatic heterocycles. The average molecular weight is 292 g/mol. The fourth-order valence-corrected chi connectivity index (χ4v) is 3.20. The quantitative estimate of drug-likeness (QED) is 0.901. The van der Waals surface area contributed by atoms with E-state index in [1.807, 2.05) is 12.3 Å². The number of hydrogen-bond acceptors (Lipinski definition) is 6. The van der Waals surface area contributed by atoms with Crippen molar-refractivity contribution in [3.05, 3.63) is 10.4 Å². The first-order chi connectivity index (χ1) is 9.63. The number of aromatic nitrogens is 4. The van der Waals surface area contributed by atoms with Crippen LogP contribution in [0.1, 0.15) is 24.8 Å². The van der Waals surface area contributed by atoms with E-state index in [2.05, 4.69) is 32.0 Å². The summed E-state index contributed by atoms with van der Waals surface area (Å²) in [5.74, 6) is 2.14. The SMILES string of the molecule is Cc1nc(-c2nc(N3CCC(C(C)N)CC3)n[nH]2)cs1. The Morgan fingerprint density at radius 1 is 1.40 bits per heavy atom. The number of H-pyrrole nitrogens is 1. The van der Waals surface area contributed by atoms with E-state index < -0.39 is 0 Å². The zero-order chi connectivity index (χ0) is 14.1. The van der Waals surface area contributed by atoms with Gasteiger partial charge in [0.1, 0.15) is 5.69 Å². The van der Waals surface area contributed by atoms with Gasteiger partial charge in [-0.05, 0) is 32.6 Å². The molecule has 2 aromatic rings. The number of thiazole rings is 1. The van der Waals surface area contributed by atoms with E-state index >= 15 is 0 Å². The summed E-state index contributed by atoms with van der Waals surface area (Å²) in [6, 6.07) is 0.276. The van der Waals surface area contributed by atoms with Gasteiger partial charge in [0.2, 0.25) is 5.95 Å². The second-order valence-electron chi connectivity index (χ2n) is 5.42. The Kier molecular flexibility index (Phi) is 3.71. The lowest BCUT2D eigenvalue weighted by Gasteiger charge is -2.32. The summed E-state index contributed by atoms with van der Waals surface area (Å²) in [6.45, 7) is 6.03. The van der Waals surface area contributed by atoms with Gasteiger partial charge in [0.05, 0.1) is 5.01 Å². The standard InChI is InChI=1S/C13H20N6S/c1-8(14)10-3-5-19(6-4-10)13-16-12(17-18-13)11-7-20-9(2)15-11/h7-8,10H,3-6,14H2,1-2H3,(H,16,17,18). The summed E-state index contributed by atoms with van der Waals surface area (Å²) >= 11 is 1.62. The van der Waals surface area contributed by atoms with Crippen molar-refractivity contribution in [2.24, 2.45) is 11.7 Å². The number of anilines is 1. The molecule has 3 rings (SSSR count). The van der Waals surface area contributed by atoms with Crippen LogP contribution in [0.5, 0.6) is 0 Å². The monoisotopic (exact) mass is 292 g/mol. The lowest BCUT2D eigenvalue weighted by atomic mass is 9.91. The van der Waals surface area contributed by atoms with Gasteiger partial charge in [0.15, 0.2) is 5.82 Å². The summed E-state index contributed by atoms with van der Waals surface area (Å²) in [5.41, 5.74) is 6.84. The van der Waals surface area contributed by atoms with Crippen molar-refractivity contribution in [1.82, 2.24) is 20.2 Å². The van der Waals surface area contributed by atoms with Crippen LogP contribution in [0.4, 0.5) is 5.95 Å². The Morgan fingerprint density at radius 3 is 2.75 bits per heavy atom. The number of aryl methyl sites for hydroxylation is 1. The maximum absolute atomic E-state index is 5.97. The molecule has 1 unspecified atom stereocenters. The van der Waals surface area contributed by atoms with Gasteiger partial charge in [0, 0.05) is 24.5 Å². The number of hydrogen-bond donors (Lipinski definition) is 2. The number of rotatable bonds is 3. The van der Waals surface area contributed by atoms with Gasteiger partial charge in [-0.25, -0.2) is 4.98 Å². The minimum absolute atomic E-state index is 0.276. The smallest absolute Gasteiger partial charge is 0.245 e. The zero-order valence-electron chi connectivity index (χ0n) is 11.8.